The van der Waals surface area contributed by atoms with Crippen molar-refractivity contribution in [2.24, 2.45) is 0 Å². The van der Waals surface area contributed by atoms with E-state index in [0.717, 1.165) is 10.9 Å². The van der Waals surface area contributed by atoms with Gasteiger partial charge in [0.15, 0.2) is 0 Å². The van der Waals surface area contributed by atoms with E-state index < -0.39 is 5.97 Å². The Kier molecular flexibility index (Phi) is 2.59. The van der Waals surface area contributed by atoms with E-state index in [9.17, 15) is 4.79 Å². The monoisotopic (exact) mass is 243 g/mol. The number of carbonyl (C=O) groups is 1. The van der Waals surface area contributed by atoms with Gasteiger partial charge in [-0.1, -0.05) is 23.2 Å². The number of fused-ring (bicyclic) bond motifs is 1. The minimum atomic E-state index is -0.418. The van der Waals surface area contributed by atoms with Crippen LogP contribution in [0.3, 0.4) is 0 Å². The van der Waals surface area contributed by atoms with E-state index in [1.165, 1.54) is 7.11 Å². The second-order valence-electron chi connectivity index (χ2n) is 3.03. The highest BCUT2D eigenvalue weighted by Crippen LogP contribution is 2.28. The third kappa shape index (κ3) is 1.80. The van der Waals surface area contributed by atoms with Crippen LogP contribution in [-0.4, -0.2) is 18.1 Å². The average Bonchev–Trinajstić information content (AvgIpc) is 2.60. The van der Waals surface area contributed by atoms with E-state index in [4.69, 9.17) is 23.2 Å². The molecule has 1 heterocycles. The third-order valence-corrected chi connectivity index (χ3v) is 2.79. The maximum atomic E-state index is 11.2. The molecule has 3 nitrogen and oxygen atoms in total. The molecule has 0 bridgehead atoms. The van der Waals surface area contributed by atoms with Crippen LogP contribution >= 0.6 is 23.2 Å². The van der Waals surface area contributed by atoms with Crippen molar-refractivity contribution >= 4 is 40.1 Å². The number of benzene rings is 1. The largest absolute Gasteiger partial charge is 0.464 e. The molecule has 0 saturated carbocycles. The van der Waals surface area contributed by atoms with Crippen molar-refractivity contribution in [3.63, 3.8) is 0 Å². The summed E-state index contributed by atoms with van der Waals surface area (Å²) in [7, 11) is 1.33. The Bertz CT molecular complexity index is 494. The zero-order chi connectivity index (χ0) is 11.0. The van der Waals surface area contributed by atoms with Crippen molar-refractivity contribution in [2.45, 2.75) is 0 Å². The van der Waals surface area contributed by atoms with Crippen LogP contribution in [0.4, 0.5) is 0 Å². The number of methoxy groups -OCH3 is 1. The Balaban J connectivity index is 2.61. The van der Waals surface area contributed by atoms with Gasteiger partial charge in [-0.2, -0.15) is 0 Å². The number of aromatic nitrogens is 1. The lowest BCUT2D eigenvalue weighted by atomic mass is 10.2. The van der Waals surface area contributed by atoms with Crippen LogP contribution in [0.1, 0.15) is 10.5 Å². The van der Waals surface area contributed by atoms with Gasteiger partial charge in [-0.15, -0.1) is 0 Å². The van der Waals surface area contributed by atoms with Crippen molar-refractivity contribution in [1.82, 2.24) is 4.98 Å². The van der Waals surface area contributed by atoms with Crippen LogP contribution in [-0.2, 0) is 4.74 Å². The van der Waals surface area contributed by atoms with Gasteiger partial charge in [0.2, 0.25) is 0 Å². The average molecular weight is 244 g/mol. The molecule has 0 aliphatic carbocycles. The maximum Gasteiger partial charge on any atom is 0.354 e. The van der Waals surface area contributed by atoms with Crippen LogP contribution in [0.5, 0.6) is 0 Å². The summed E-state index contributed by atoms with van der Waals surface area (Å²) in [4.78, 5) is 14.1. The summed E-state index contributed by atoms with van der Waals surface area (Å²) >= 11 is 11.7. The third-order valence-electron chi connectivity index (χ3n) is 2.07. The fraction of sp³-hybridized carbons (Fsp3) is 0.100. The Hall–Kier alpha value is -1.19. The highest BCUT2D eigenvalue weighted by molar-refractivity contribution is 6.42. The quantitative estimate of drug-likeness (QED) is 0.782. The number of rotatable bonds is 1. The van der Waals surface area contributed by atoms with Crippen LogP contribution < -0.4 is 0 Å². The highest BCUT2D eigenvalue weighted by atomic mass is 35.5. The molecule has 1 N–H and O–H groups in total. The fourth-order valence-electron chi connectivity index (χ4n) is 1.35. The van der Waals surface area contributed by atoms with Gasteiger partial charge in [0.25, 0.3) is 0 Å². The van der Waals surface area contributed by atoms with Crippen molar-refractivity contribution in [1.29, 1.82) is 0 Å². The lowest BCUT2D eigenvalue weighted by molar-refractivity contribution is 0.0595. The first-order valence-electron chi connectivity index (χ1n) is 4.18. The zero-order valence-corrected chi connectivity index (χ0v) is 9.32. The zero-order valence-electron chi connectivity index (χ0n) is 7.80. The molecule has 0 atom stereocenters. The van der Waals surface area contributed by atoms with E-state index >= 15 is 0 Å². The van der Waals surface area contributed by atoms with Crippen LogP contribution in [0.25, 0.3) is 10.9 Å². The first kappa shape index (κ1) is 10.3. The molecule has 78 valence electrons. The predicted molar refractivity (Wildman–Crippen MR) is 59.7 cm³/mol. The Morgan fingerprint density at radius 2 is 1.93 bits per heavy atom. The standard InChI is InChI=1S/C10H7Cl2NO2/c1-15-10(14)9-3-5-2-6(11)7(12)4-8(5)13-9/h2-4,13H,1H3. The Labute approximate surface area is 95.9 Å². The van der Waals surface area contributed by atoms with Gasteiger partial charge in [0.05, 0.1) is 17.2 Å². The van der Waals surface area contributed by atoms with Gasteiger partial charge in [-0.25, -0.2) is 4.79 Å². The van der Waals surface area contributed by atoms with Gasteiger partial charge >= 0.3 is 5.97 Å². The molecule has 0 saturated heterocycles. The smallest absolute Gasteiger partial charge is 0.354 e. The molecule has 0 aliphatic rings. The summed E-state index contributed by atoms with van der Waals surface area (Å²) in [5.74, 6) is -0.418. The van der Waals surface area contributed by atoms with Gasteiger partial charge < -0.3 is 9.72 Å². The number of hydrogen-bond acceptors (Lipinski definition) is 2. The van der Waals surface area contributed by atoms with E-state index in [1.807, 2.05) is 0 Å². The summed E-state index contributed by atoms with van der Waals surface area (Å²) in [6.45, 7) is 0. The second kappa shape index (κ2) is 3.76. The molecule has 0 aliphatic heterocycles. The molecular formula is C10H7Cl2NO2. The van der Waals surface area contributed by atoms with Gasteiger partial charge in [-0.3, -0.25) is 0 Å². The topological polar surface area (TPSA) is 42.1 Å². The lowest BCUT2D eigenvalue weighted by Gasteiger charge is -1.94. The molecule has 1 aromatic heterocycles. The molecule has 15 heavy (non-hydrogen) atoms. The SMILES string of the molecule is COC(=O)c1cc2cc(Cl)c(Cl)cc2[nH]1. The van der Waals surface area contributed by atoms with E-state index in [-0.39, 0.29) is 0 Å². The number of carbonyl (C=O) groups excluding carboxylic acids is 1. The molecule has 0 amide bonds. The van der Waals surface area contributed by atoms with E-state index in [1.54, 1.807) is 18.2 Å². The van der Waals surface area contributed by atoms with Crippen LogP contribution in [0.15, 0.2) is 18.2 Å². The number of hydrogen-bond donors (Lipinski definition) is 1. The van der Waals surface area contributed by atoms with Gasteiger partial charge in [0.1, 0.15) is 5.69 Å². The summed E-state index contributed by atoms with van der Waals surface area (Å²) in [6, 6.07) is 5.04. The molecule has 5 heteroatoms. The van der Waals surface area contributed by atoms with Crippen LogP contribution in [0.2, 0.25) is 10.0 Å². The first-order chi connectivity index (χ1) is 7.11. The fourth-order valence-corrected chi connectivity index (χ4v) is 1.68. The normalized spacial score (nSPS) is 10.6. The van der Waals surface area contributed by atoms with Crippen LogP contribution in [0, 0.1) is 0 Å². The van der Waals surface area contributed by atoms with Crippen molar-refractivity contribution in [2.75, 3.05) is 7.11 Å². The second-order valence-corrected chi connectivity index (χ2v) is 3.84. The molecule has 0 radical (unpaired) electrons. The lowest BCUT2D eigenvalue weighted by Crippen LogP contribution is -2.00. The maximum absolute atomic E-state index is 11.2. The summed E-state index contributed by atoms with van der Waals surface area (Å²) in [5, 5.41) is 1.73. The number of H-pyrrole nitrogens is 1. The number of nitrogens with one attached hydrogen (secondary N) is 1. The van der Waals surface area contributed by atoms with Crippen molar-refractivity contribution < 1.29 is 9.53 Å². The first-order valence-corrected chi connectivity index (χ1v) is 4.93. The molecule has 2 aromatic rings. The number of aromatic amines is 1. The Morgan fingerprint density at radius 3 is 2.60 bits per heavy atom. The molecule has 0 spiro atoms. The summed E-state index contributed by atoms with van der Waals surface area (Å²) in [5.41, 5.74) is 1.13. The van der Waals surface area contributed by atoms with E-state index in [2.05, 4.69) is 9.72 Å². The Morgan fingerprint density at radius 1 is 1.27 bits per heavy atom. The molecule has 0 fully saturated rings. The molecule has 2 rings (SSSR count). The summed E-state index contributed by atoms with van der Waals surface area (Å²) < 4.78 is 4.59. The summed E-state index contributed by atoms with van der Waals surface area (Å²) in [6.07, 6.45) is 0. The van der Waals surface area contributed by atoms with Gasteiger partial charge in [-0.05, 0) is 18.2 Å². The predicted octanol–water partition coefficient (Wildman–Crippen LogP) is 3.26. The number of esters is 1. The van der Waals surface area contributed by atoms with Crippen molar-refractivity contribution in [3.8, 4) is 0 Å². The minimum Gasteiger partial charge on any atom is -0.464 e. The molecule has 0 unspecified atom stereocenters. The number of ether oxygens (including phenoxy) is 1. The van der Waals surface area contributed by atoms with Gasteiger partial charge in [0, 0.05) is 10.9 Å². The molecule has 1 aromatic carbocycles. The van der Waals surface area contributed by atoms with Crippen molar-refractivity contribution in [3.05, 3.63) is 33.9 Å². The molecular weight excluding hydrogens is 237 g/mol. The van der Waals surface area contributed by atoms with E-state index in [0.29, 0.717) is 15.7 Å². The minimum absolute atomic E-state index is 0.380. The highest BCUT2D eigenvalue weighted by Gasteiger charge is 2.10. The number of halogens is 2.